The quantitative estimate of drug-likeness (QED) is 0.735. The predicted molar refractivity (Wildman–Crippen MR) is 79.7 cm³/mol. The van der Waals surface area contributed by atoms with Crippen molar-refractivity contribution in [1.82, 2.24) is 4.98 Å². The lowest BCUT2D eigenvalue weighted by Gasteiger charge is -2.11. The highest BCUT2D eigenvalue weighted by atomic mass is 19.4. The van der Waals surface area contributed by atoms with E-state index in [1.807, 2.05) is 24.3 Å². The van der Waals surface area contributed by atoms with Gasteiger partial charge in [0.2, 0.25) is 0 Å². The van der Waals surface area contributed by atoms with E-state index in [0.717, 1.165) is 16.8 Å². The second-order valence-electron chi connectivity index (χ2n) is 4.97. The molecule has 0 bridgehead atoms. The summed E-state index contributed by atoms with van der Waals surface area (Å²) in [6, 6.07) is 14.6. The van der Waals surface area contributed by atoms with Crippen LogP contribution in [0.3, 0.4) is 0 Å². The first kappa shape index (κ1) is 14.9. The summed E-state index contributed by atoms with van der Waals surface area (Å²) in [4.78, 5) is 14.1. The Balaban J connectivity index is 2.25. The maximum Gasteiger partial charge on any atom is 0.417 e. The molecule has 3 nitrogen and oxygen atoms in total. The minimum atomic E-state index is -4.77. The summed E-state index contributed by atoms with van der Waals surface area (Å²) >= 11 is 0. The van der Waals surface area contributed by atoms with Gasteiger partial charge < -0.3 is 4.98 Å². The van der Waals surface area contributed by atoms with Gasteiger partial charge in [0, 0.05) is 5.69 Å². The molecule has 0 fully saturated rings. The number of rotatable bonds is 1. The average Bonchev–Trinajstić information content (AvgIpc) is 2.52. The lowest BCUT2D eigenvalue weighted by molar-refractivity contribution is -0.137. The third kappa shape index (κ3) is 2.69. The van der Waals surface area contributed by atoms with E-state index in [1.54, 1.807) is 18.2 Å². The van der Waals surface area contributed by atoms with Crippen LogP contribution < -0.4 is 5.56 Å². The van der Waals surface area contributed by atoms with Gasteiger partial charge in [0.1, 0.15) is 11.6 Å². The molecule has 3 aromatic rings. The van der Waals surface area contributed by atoms with Crippen molar-refractivity contribution < 1.29 is 13.2 Å². The zero-order valence-electron chi connectivity index (χ0n) is 11.6. The van der Waals surface area contributed by atoms with E-state index in [2.05, 4.69) is 4.98 Å². The number of nitrogens with one attached hydrogen (secondary N) is 1. The molecule has 2 aromatic carbocycles. The van der Waals surface area contributed by atoms with Gasteiger partial charge in [0.05, 0.1) is 5.56 Å². The first-order valence-electron chi connectivity index (χ1n) is 6.64. The van der Waals surface area contributed by atoms with Gasteiger partial charge in [-0.3, -0.25) is 4.79 Å². The molecular weight excluding hydrogens is 305 g/mol. The molecule has 23 heavy (non-hydrogen) atoms. The maximum atomic E-state index is 13.1. The van der Waals surface area contributed by atoms with Crippen molar-refractivity contribution in [2.45, 2.75) is 6.18 Å². The molecule has 3 rings (SSSR count). The largest absolute Gasteiger partial charge is 0.417 e. The van der Waals surface area contributed by atoms with Crippen LogP contribution in [0.1, 0.15) is 11.1 Å². The highest BCUT2D eigenvalue weighted by Gasteiger charge is 2.35. The fourth-order valence-corrected chi connectivity index (χ4v) is 2.41. The van der Waals surface area contributed by atoms with Gasteiger partial charge in [-0.1, -0.05) is 36.4 Å². The number of fused-ring (bicyclic) bond motifs is 1. The average molecular weight is 314 g/mol. The van der Waals surface area contributed by atoms with E-state index < -0.39 is 22.9 Å². The third-order valence-electron chi connectivity index (χ3n) is 3.51. The van der Waals surface area contributed by atoms with Crippen LogP contribution >= 0.6 is 0 Å². The van der Waals surface area contributed by atoms with Crippen molar-refractivity contribution in [2.75, 3.05) is 0 Å². The number of aromatic nitrogens is 1. The van der Waals surface area contributed by atoms with Gasteiger partial charge in [-0.15, -0.1) is 0 Å². The van der Waals surface area contributed by atoms with E-state index in [9.17, 15) is 18.0 Å². The molecule has 0 saturated carbocycles. The molecule has 0 aliphatic heterocycles. The third-order valence-corrected chi connectivity index (χ3v) is 3.51. The molecule has 0 radical (unpaired) electrons. The van der Waals surface area contributed by atoms with Crippen LogP contribution in [0, 0.1) is 11.3 Å². The standard InChI is InChI=1S/C17H9F3N2O/c18-17(19,20)14-8-15(22-16(23)13(14)9-21)12-6-5-10-3-1-2-4-11(10)7-12/h1-8H,(H,22,23). The normalized spacial score (nSPS) is 11.4. The molecule has 0 atom stereocenters. The maximum absolute atomic E-state index is 13.1. The van der Waals surface area contributed by atoms with Crippen molar-refractivity contribution in [2.24, 2.45) is 0 Å². The zero-order chi connectivity index (χ0) is 16.6. The zero-order valence-corrected chi connectivity index (χ0v) is 11.6. The molecule has 0 aliphatic carbocycles. The monoisotopic (exact) mass is 314 g/mol. The van der Waals surface area contributed by atoms with Crippen LogP contribution in [-0.4, -0.2) is 4.98 Å². The Bertz CT molecular complexity index is 997. The van der Waals surface area contributed by atoms with E-state index in [0.29, 0.717) is 5.56 Å². The van der Waals surface area contributed by atoms with Gasteiger partial charge in [0.15, 0.2) is 0 Å². The molecule has 0 spiro atoms. The Labute approximate surface area is 128 Å². The molecule has 0 saturated heterocycles. The lowest BCUT2D eigenvalue weighted by atomic mass is 10.0. The van der Waals surface area contributed by atoms with Crippen LogP contribution in [0.5, 0.6) is 0 Å². The van der Waals surface area contributed by atoms with Crippen molar-refractivity contribution in [3.05, 3.63) is 70.0 Å². The van der Waals surface area contributed by atoms with Crippen LogP contribution in [0.4, 0.5) is 13.2 Å². The summed E-state index contributed by atoms with van der Waals surface area (Å²) in [7, 11) is 0. The van der Waals surface area contributed by atoms with Crippen LogP contribution in [-0.2, 0) is 6.18 Å². The van der Waals surface area contributed by atoms with E-state index in [4.69, 9.17) is 5.26 Å². The Kier molecular flexibility index (Phi) is 3.41. The van der Waals surface area contributed by atoms with Crippen molar-refractivity contribution in [3.8, 4) is 17.3 Å². The summed E-state index contributed by atoms with van der Waals surface area (Å²) in [6.07, 6.45) is -4.77. The number of H-pyrrole nitrogens is 1. The second kappa shape index (κ2) is 5.29. The smallest absolute Gasteiger partial charge is 0.321 e. The topological polar surface area (TPSA) is 56.6 Å². The van der Waals surface area contributed by atoms with Gasteiger partial charge in [-0.25, -0.2) is 0 Å². The molecular formula is C17H9F3N2O. The van der Waals surface area contributed by atoms with Crippen LogP contribution in [0.15, 0.2) is 53.3 Å². The second-order valence-corrected chi connectivity index (χ2v) is 4.97. The Morgan fingerprint density at radius 1 is 1.00 bits per heavy atom. The van der Waals surface area contributed by atoms with Crippen molar-refractivity contribution in [3.63, 3.8) is 0 Å². The highest BCUT2D eigenvalue weighted by molar-refractivity contribution is 5.86. The number of aromatic amines is 1. The van der Waals surface area contributed by atoms with Crippen LogP contribution in [0.25, 0.3) is 22.0 Å². The number of hydrogen-bond donors (Lipinski definition) is 1. The fourth-order valence-electron chi connectivity index (χ4n) is 2.41. The molecule has 1 heterocycles. The number of pyridine rings is 1. The minimum Gasteiger partial charge on any atom is -0.321 e. The number of nitriles is 1. The minimum absolute atomic E-state index is 0.0204. The molecule has 0 unspecified atom stereocenters. The fraction of sp³-hybridized carbons (Fsp3) is 0.0588. The van der Waals surface area contributed by atoms with Crippen molar-refractivity contribution >= 4 is 10.8 Å². The molecule has 6 heteroatoms. The first-order chi connectivity index (χ1) is 10.9. The first-order valence-corrected chi connectivity index (χ1v) is 6.64. The summed E-state index contributed by atoms with van der Waals surface area (Å²) in [6.45, 7) is 0. The summed E-state index contributed by atoms with van der Waals surface area (Å²) in [5, 5.41) is 10.6. The number of alkyl halides is 3. The van der Waals surface area contributed by atoms with E-state index in [-0.39, 0.29) is 5.69 Å². The summed E-state index contributed by atoms with van der Waals surface area (Å²) in [5.41, 5.74) is -2.75. The number of nitrogens with zero attached hydrogens (tertiary/aromatic N) is 1. The Morgan fingerprint density at radius 3 is 2.35 bits per heavy atom. The van der Waals surface area contributed by atoms with Crippen molar-refractivity contribution in [1.29, 1.82) is 5.26 Å². The SMILES string of the molecule is N#Cc1c(C(F)(F)F)cc(-c2ccc3ccccc3c2)[nH]c1=O. The molecule has 1 N–H and O–H groups in total. The van der Waals surface area contributed by atoms with Gasteiger partial charge in [0.25, 0.3) is 5.56 Å². The summed E-state index contributed by atoms with van der Waals surface area (Å²) in [5.74, 6) is 0. The Hall–Kier alpha value is -3.07. The molecule has 0 amide bonds. The van der Waals surface area contributed by atoms with E-state index in [1.165, 1.54) is 6.07 Å². The predicted octanol–water partition coefficient (Wildman–Crippen LogP) is 4.09. The van der Waals surface area contributed by atoms with Gasteiger partial charge in [-0.05, 0) is 28.5 Å². The molecule has 114 valence electrons. The van der Waals surface area contributed by atoms with Gasteiger partial charge in [-0.2, -0.15) is 18.4 Å². The van der Waals surface area contributed by atoms with Gasteiger partial charge >= 0.3 is 6.18 Å². The highest BCUT2D eigenvalue weighted by Crippen LogP contribution is 2.33. The summed E-state index contributed by atoms with van der Waals surface area (Å²) < 4.78 is 39.2. The molecule has 0 aliphatic rings. The molecule has 1 aromatic heterocycles. The van der Waals surface area contributed by atoms with E-state index >= 15 is 0 Å². The Morgan fingerprint density at radius 2 is 1.70 bits per heavy atom. The van der Waals surface area contributed by atoms with Crippen LogP contribution in [0.2, 0.25) is 0 Å². The number of benzene rings is 2. The number of hydrogen-bond acceptors (Lipinski definition) is 2. The number of halogens is 3. The lowest BCUT2D eigenvalue weighted by Crippen LogP contribution is -2.19.